The number of oxazole rings is 1. The van der Waals surface area contributed by atoms with Gasteiger partial charge in [-0.15, -0.1) is 0 Å². The van der Waals surface area contributed by atoms with Crippen molar-refractivity contribution in [2.45, 2.75) is 111 Å². The van der Waals surface area contributed by atoms with Crippen molar-refractivity contribution in [1.29, 1.82) is 0 Å². The molecule has 1 saturated heterocycles. The normalized spacial score (nSPS) is 19.9. The van der Waals surface area contributed by atoms with Gasteiger partial charge in [-0.05, 0) is 88.8 Å². The first-order valence-corrected chi connectivity index (χ1v) is 17.9. The molecule has 4 aromatic rings. The monoisotopic (exact) mass is 698 g/mol. The van der Waals surface area contributed by atoms with Crippen LogP contribution < -0.4 is 10.7 Å². The van der Waals surface area contributed by atoms with Gasteiger partial charge in [-0.1, -0.05) is 27.7 Å². The Hall–Kier alpha value is -4.71. The van der Waals surface area contributed by atoms with Gasteiger partial charge in [-0.25, -0.2) is 15.2 Å². The van der Waals surface area contributed by atoms with E-state index < -0.39 is 41.1 Å². The summed E-state index contributed by atoms with van der Waals surface area (Å²) in [6, 6.07) is 8.58. The number of aryl methyl sites for hydroxylation is 1. The number of amides is 2. The fourth-order valence-corrected chi connectivity index (χ4v) is 7.03. The van der Waals surface area contributed by atoms with Crippen LogP contribution in [-0.2, 0) is 38.4 Å². The van der Waals surface area contributed by atoms with Gasteiger partial charge in [0.25, 0.3) is 5.91 Å². The number of alkyl carbamates (subject to hydrolysis) is 1. The van der Waals surface area contributed by atoms with Crippen molar-refractivity contribution in [1.82, 2.24) is 30.3 Å². The zero-order chi connectivity index (χ0) is 36.7. The molecule has 0 radical (unpaired) electrons. The van der Waals surface area contributed by atoms with Crippen molar-refractivity contribution in [2.24, 2.45) is 5.41 Å². The summed E-state index contributed by atoms with van der Waals surface area (Å²) in [5.74, 6) is 0.162. The lowest BCUT2D eigenvalue weighted by Crippen LogP contribution is -2.60. The second-order valence-corrected chi connectivity index (χ2v) is 15.7. The highest BCUT2D eigenvalue weighted by atomic mass is 16.6. The second-order valence-electron chi connectivity index (χ2n) is 15.7. The number of hydrazine groups is 1. The number of pyridine rings is 1. The molecule has 3 aromatic heterocycles. The van der Waals surface area contributed by atoms with E-state index in [-0.39, 0.29) is 24.8 Å². The number of nitrogens with zero attached hydrogens (tertiary/aromatic N) is 4. The summed E-state index contributed by atoms with van der Waals surface area (Å²) in [6.45, 7) is 17.2. The molecule has 272 valence electrons. The number of fused-ring (bicyclic) bond motifs is 6. The van der Waals surface area contributed by atoms with Crippen molar-refractivity contribution in [3.8, 4) is 22.6 Å². The molecule has 2 aliphatic rings. The number of hydrogen-bond acceptors (Lipinski definition) is 9. The molecule has 51 heavy (non-hydrogen) atoms. The minimum atomic E-state index is -1.07. The number of hydrogen-bond donors (Lipinski definition) is 2. The maximum Gasteiger partial charge on any atom is 0.408 e. The van der Waals surface area contributed by atoms with E-state index in [9.17, 15) is 14.4 Å². The van der Waals surface area contributed by atoms with Gasteiger partial charge >= 0.3 is 12.1 Å². The zero-order valence-corrected chi connectivity index (χ0v) is 31.0. The molecule has 12 nitrogen and oxygen atoms in total. The first-order chi connectivity index (χ1) is 24.1. The first-order valence-electron chi connectivity index (χ1n) is 17.9. The van der Waals surface area contributed by atoms with Crippen LogP contribution in [0.4, 0.5) is 4.79 Å². The van der Waals surface area contributed by atoms with Gasteiger partial charge in [0.2, 0.25) is 0 Å². The van der Waals surface area contributed by atoms with E-state index in [0.29, 0.717) is 31.6 Å². The molecule has 0 saturated carbocycles. The number of nitrogens with one attached hydrogen (secondary N) is 2. The third-order valence-electron chi connectivity index (χ3n) is 9.33. The van der Waals surface area contributed by atoms with E-state index in [1.165, 1.54) is 5.01 Å². The van der Waals surface area contributed by atoms with E-state index in [1.54, 1.807) is 27.0 Å². The maximum atomic E-state index is 13.9. The number of rotatable bonds is 4. The van der Waals surface area contributed by atoms with E-state index in [4.69, 9.17) is 18.9 Å². The lowest BCUT2D eigenvalue weighted by atomic mass is 9.84. The van der Waals surface area contributed by atoms with Crippen LogP contribution in [0.25, 0.3) is 33.5 Å². The largest absolute Gasteiger partial charge is 0.464 e. The molecule has 0 unspecified atom stereocenters. The number of esters is 1. The van der Waals surface area contributed by atoms with Gasteiger partial charge in [0, 0.05) is 46.7 Å². The van der Waals surface area contributed by atoms with Gasteiger partial charge < -0.3 is 23.8 Å². The Morgan fingerprint density at radius 3 is 2.69 bits per heavy atom. The number of ether oxygens (including phenoxy) is 2. The van der Waals surface area contributed by atoms with Gasteiger partial charge in [0.1, 0.15) is 17.7 Å². The highest BCUT2D eigenvalue weighted by Gasteiger charge is 2.36. The van der Waals surface area contributed by atoms with Crippen LogP contribution in [0, 0.1) is 5.41 Å². The standard InChI is InChI=1S/C39H50N6O6/c1-9-44-30-15-14-24-18-26(30)27(34(44)25-12-10-16-40-33(25)23(2)3)20-39(7,8)22-49-36(47)28-13-11-17-45(43-28)35(46)29(19-32-41-21-31(24)50-32)42-37(48)51-38(4,5)6/h10,12,14-16,18,21,23,28-29,43H,9,11,13,17,19-20,22H2,1-8H3,(H,42,48)/t28-,29-/m0/s1. The Balaban J connectivity index is 1.49. The summed E-state index contributed by atoms with van der Waals surface area (Å²) in [5, 5.41) is 5.16. The lowest BCUT2D eigenvalue weighted by Gasteiger charge is -2.35. The predicted molar refractivity (Wildman–Crippen MR) is 194 cm³/mol. The zero-order valence-electron chi connectivity index (χ0n) is 31.0. The van der Waals surface area contributed by atoms with Crippen molar-refractivity contribution >= 4 is 28.9 Å². The van der Waals surface area contributed by atoms with Crippen molar-refractivity contribution < 1.29 is 28.3 Å². The molecule has 2 atom stereocenters. The highest BCUT2D eigenvalue weighted by molar-refractivity contribution is 5.95. The summed E-state index contributed by atoms with van der Waals surface area (Å²) in [7, 11) is 0. The van der Waals surface area contributed by atoms with E-state index in [1.807, 2.05) is 18.3 Å². The first kappa shape index (κ1) is 36.1. The Labute approximate surface area is 299 Å². The van der Waals surface area contributed by atoms with Gasteiger partial charge in [0.05, 0.1) is 30.6 Å². The Morgan fingerprint density at radius 2 is 1.96 bits per heavy atom. The third kappa shape index (κ3) is 7.80. The van der Waals surface area contributed by atoms with Crippen molar-refractivity contribution in [3.63, 3.8) is 0 Å². The van der Waals surface area contributed by atoms with E-state index >= 15 is 0 Å². The topological polar surface area (TPSA) is 141 Å². The molecular weight excluding hydrogens is 648 g/mol. The fraction of sp³-hybridized carbons (Fsp3) is 0.513. The van der Waals surface area contributed by atoms with Crippen LogP contribution in [0.1, 0.15) is 91.3 Å². The van der Waals surface area contributed by atoms with Crippen LogP contribution in [0.2, 0.25) is 0 Å². The molecule has 12 heteroatoms. The van der Waals surface area contributed by atoms with Crippen LogP contribution in [0.3, 0.4) is 0 Å². The summed E-state index contributed by atoms with van der Waals surface area (Å²) >= 11 is 0. The van der Waals surface area contributed by atoms with Crippen LogP contribution in [-0.4, -0.2) is 68.4 Å². The number of cyclic esters (lactones) is 1. The molecule has 0 spiro atoms. The van der Waals surface area contributed by atoms with Crippen LogP contribution in [0.15, 0.2) is 47.1 Å². The van der Waals surface area contributed by atoms with E-state index in [2.05, 4.69) is 73.1 Å². The van der Waals surface area contributed by atoms with Crippen LogP contribution >= 0.6 is 0 Å². The molecule has 2 N–H and O–H groups in total. The predicted octanol–water partition coefficient (Wildman–Crippen LogP) is 6.56. The number of carbonyl (C=O) groups excluding carboxylic acids is 3. The van der Waals surface area contributed by atoms with E-state index in [0.717, 1.165) is 45.5 Å². The maximum absolute atomic E-state index is 13.9. The molecule has 1 aromatic carbocycles. The Kier molecular flexibility index (Phi) is 10.0. The third-order valence-corrected chi connectivity index (χ3v) is 9.33. The summed E-state index contributed by atoms with van der Waals surface area (Å²) in [5.41, 5.74) is 8.09. The second kappa shape index (κ2) is 14.1. The van der Waals surface area contributed by atoms with Gasteiger partial charge in [0.15, 0.2) is 11.7 Å². The van der Waals surface area contributed by atoms with Gasteiger partial charge in [-0.3, -0.25) is 19.6 Å². The average Bonchev–Trinajstić information content (AvgIpc) is 3.67. The van der Waals surface area contributed by atoms with Crippen molar-refractivity contribution in [2.75, 3.05) is 13.2 Å². The SMILES string of the molecule is CCn1c(-c2cccnc2C(C)C)c2c3cc(ccc31)-c1cnc(o1)C[C@H](NC(=O)OC(C)(C)C)C(=O)N1CCC[C@H](N1)C(=O)OCC(C)(C)C2. The minimum Gasteiger partial charge on any atom is -0.464 e. The molecule has 5 heterocycles. The average molecular weight is 699 g/mol. The molecular formula is C39H50N6O6. The smallest absolute Gasteiger partial charge is 0.408 e. The molecule has 2 aliphatic heterocycles. The molecule has 2 amide bonds. The molecule has 1 fully saturated rings. The summed E-state index contributed by atoms with van der Waals surface area (Å²) in [6.07, 6.45) is 4.44. The lowest BCUT2D eigenvalue weighted by molar-refractivity contribution is -0.155. The number of benzene rings is 1. The highest BCUT2D eigenvalue weighted by Crippen LogP contribution is 2.41. The summed E-state index contributed by atoms with van der Waals surface area (Å²) < 4.78 is 20.1. The van der Waals surface area contributed by atoms with Crippen LogP contribution in [0.5, 0.6) is 0 Å². The molecule has 6 bridgehead atoms. The Bertz CT molecular complexity index is 1940. The molecule has 6 rings (SSSR count). The molecule has 0 aliphatic carbocycles. The number of aromatic nitrogens is 3. The fourth-order valence-electron chi connectivity index (χ4n) is 7.03. The number of carbonyl (C=O) groups is 3. The summed E-state index contributed by atoms with van der Waals surface area (Å²) in [4.78, 5) is 49.7. The van der Waals surface area contributed by atoms with Crippen molar-refractivity contribution in [3.05, 3.63) is 59.9 Å². The van der Waals surface area contributed by atoms with Gasteiger partial charge in [-0.2, -0.15) is 0 Å². The quantitative estimate of drug-likeness (QED) is 0.227. The minimum absolute atomic E-state index is 0.0254. The Morgan fingerprint density at radius 1 is 1.18 bits per heavy atom.